The van der Waals surface area contributed by atoms with Crippen molar-refractivity contribution >= 4 is 44.0 Å². The maximum Gasteiger partial charge on any atom is 0.214 e. The molecule has 0 bridgehead atoms. The van der Waals surface area contributed by atoms with Crippen LogP contribution in [-0.2, 0) is 4.74 Å². The van der Waals surface area contributed by atoms with E-state index in [2.05, 4.69) is 37.6 Å². The van der Waals surface area contributed by atoms with Crippen LogP contribution in [0.3, 0.4) is 0 Å². The van der Waals surface area contributed by atoms with Crippen molar-refractivity contribution in [2.45, 2.75) is 18.6 Å². The number of ether oxygens (including phenoxy) is 1. The topological polar surface area (TPSA) is 68.7 Å². The number of halogens is 1. The Labute approximate surface area is 128 Å². The molecule has 3 atom stereocenters. The fraction of sp³-hybridized carbons (Fsp3) is 0.636. The van der Waals surface area contributed by atoms with Gasteiger partial charge in [-0.25, -0.2) is 4.98 Å². The summed E-state index contributed by atoms with van der Waals surface area (Å²) in [4.78, 5) is 7.58. The van der Waals surface area contributed by atoms with E-state index in [1.165, 1.54) is 0 Å². The molecule has 2 N–H and O–H groups in total. The van der Waals surface area contributed by atoms with Gasteiger partial charge in [0.2, 0.25) is 10.1 Å². The van der Waals surface area contributed by atoms with Crippen LogP contribution in [0.1, 0.15) is 6.42 Å². The lowest BCUT2D eigenvalue weighted by Crippen LogP contribution is -2.43. The highest BCUT2D eigenvalue weighted by molar-refractivity contribution is 14.1. The molecule has 2 aliphatic rings. The number of nitrogens with zero attached hydrogens (tertiary/aromatic N) is 4. The van der Waals surface area contributed by atoms with Crippen molar-refractivity contribution < 1.29 is 4.74 Å². The highest BCUT2D eigenvalue weighted by atomic mass is 127. The van der Waals surface area contributed by atoms with Gasteiger partial charge in [-0.05, 0) is 29.0 Å². The Bertz CT molecular complexity index is 613. The number of rotatable bonds is 1. The number of fused-ring (bicyclic) bond motifs is 2. The normalized spacial score (nSPS) is 31.1. The average molecular weight is 391 g/mol. The van der Waals surface area contributed by atoms with Crippen LogP contribution in [0.4, 0.5) is 5.13 Å². The summed E-state index contributed by atoms with van der Waals surface area (Å²) in [6.07, 6.45) is 3.07. The van der Waals surface area contributed by atoms with Gasteiger partial charge in [0.05, 0.1) is 12.3 Å². The Balaban J connectivity index is 1.62. The Morgan fingerprint density at radius 3 is 3.16 bits per heavy atom. The van der Waals surface area contributed by atoms with E-state index < -0.39 is 0 Å². The molecule has 2 aliphatic heterocycles. The monoisotopic (exact) mass is 391 g/mol. The van der Waals surface area contributed by atoms with Crippen LogP contribution in [0.25, 0.3) is 4.96 Å². The van der Waals surface area contributed by atoms with Crippen molar-refractivity contribution in [3.05, 3.63) is 9.90 Å². The molecule has 0 spiro atoms. The molecule has 6 nitrogen and oxygen atoms in total. The minimum absolute atomic E-state index is 0.257. The summed E-state index contributed by atoms with van der Waals surface area (Å²) >= 11 is 3.87. The van der Waals surface area contributed by atoms with Crippen LogP contribution in [-0.4, -0.2) is 46.4 Å². The molecule has 0 unspecified atom stereocenters. The Kier molecular flexibility index (Phi) is 2.94. The number of anilines is 1. The molecule has 2 aromatic heterocycles. The third-order valence-electron chi connectivity index (χ3n) is 3.95. The van der Waals surface area contributed by atoms with E-state index in [4.69, 9.17) is 10.5 Å². The van der Waals surface area contributed by atoms with E-state index in [-0.39, 0.29) is 12.1 Å². The summed E-state index contributed by atoms with van der Waals surface area (Å²) in [5.41, 5.74) is 6.20. The number of imidazole rings is 1. The molecule has 0 amide bonds. The van der Waals surface area contributed by atoms with Gasteiger partial charge < -0.3 is 15.4 Å². The Morgan fingerprint density at radius 1 is 1.47 bits per heavy atom. The first-order valence-electron chi connectivity index (χ1n) is 6.34. The minimum atomic E-state index is 0.257. The standard InChI is InChI=1S/C11H14IN5OS/c12-9-3-14-10-17(9)15-11(19-10)16-4-6-7(13)1-2-18-8(6)5-16/h3,6-8H,1-2,4-5,13H2/t6-,7+,8+/m1/s1. The van der Waals surface area contributed by atoms with Gasteiger partial charge in [0.15, 0.2) is 0 Å². The minimum Gasteiger partial charge on any atom is -0.376 e. The van der Waals surface area contributed by atoms with Gasteiger partial charge in [-0.2, -0.15) is 4.52 Å². The van der Waals surface area contributed by atoms with E-state index in [1.54, 1.807) is 11.3 Å². The lowest BCUT2D eigenvalue weighted by Gasteiger charge is -2.29. The highest BCUT2D eigenvalue weighted by Gasteiger charge is 2.40. The van der Waals surface area contributed by atoms with Crippen molar-refractivity contribution in [1.29, 1.82) is 0 Å². The Hall–Kier alpha value is -0.450. The zero-order valence-corrected chi connectivity index (χ0v) is 13.2. The van der Waals surface area contributed by atoms with Crippen LogP contribution in [0, 0.1) is 9.62 Å². The first-order chi connectivity index (χ1) is 9.22. The summed E-state index contributed by atoms with van der Waals surface area (Å²) in [6, 6.07) is 0.257. The second-order valence-electron chi connectivity index (χ2n) is 5.09. The zero-order valence-electron chi connectivity index (χ0n) is 10.2. The van der Waals surface area contributed by atoms with E-state index in [1.807, 2.05) is 10.7 Å². The summed E-state index contributed by atoms with van der Waals surface area (Å²) in [7, 11) is 0. The Morgan fingerprint density at radius 2 is 2.37 bits per heavy atom. The first-order valence-corrected chi connectivity index (χ1v) is 8.24. The number of hydrogen-bond acceptors (Lipinski definition) is 6. The molecule has 19 heavy (non-hydrogen) atoms. The quantitative estimate of drug-likeness (QED) is 0.734. The SMILES string of the molecule is N[C@H]1CCO[C@H]2CN(c3nn4c(I)cnc4s3)C[C@@H]21. The molecule has 102 valence electrons. The van der Waals surface area contributed by atoms with Crippen LogP contribution in [0.15, 0.2) is 6.20 Å². The summed E-state index contributed by atoms with van der Waals surface area (Å²) in [5, 5.41) is 5.65. The van der Waals surface area contributed by atoms with Crippen LogP contribution >= 0.6 is 33.9 Å². The van der Waals surface area contributed by atoms with Crippen molar-refractivity contribution in [3.8, 4) is 0 Å². The fourth-order valence-electron chi connectivity index (χ4n) is 2.90. The predicted octanol–water partition coefficient (Wildman–Crippen LogP) is 0.948. The molecule has 0 aromatic carbocycles. The third-order valence-corrected chi connectivity index (χ3v) is 5.66. The van der Waals surface area contributed by atoms with E-state index in [0.717, 1.165) is 39.9 Å². The summed E-state index contributed by atoms with van der Waals surface area (Å²) < 4.78 is 8.77. The summed E-state index contributed by atoms with van der Waals surface area (Å²) in [5.74, 6) is 0.434. The van der Waals surface area contributed by atoms with Crippen molar-refractivity contribution in [1.82, 2.24) is 14.6 Å². The molecule has 4 heterocycles. The molecule has 2 saturated heterocycles. The molecular weight excluding hydrogens is 377 g/mol. The van der Waals surface area contributed by atoms with E-state index in [0.29, 0.717) is 5.92 Å². The molecule has 0 saturated carbocycles. The highest BCUT2D eigenvalue weighted by Crippen LogP contribution is 2.33. The van der Waals surface area contributed by atoms with Crippen molar-refractivity contribution in [2.24, 2.45) is 11.7 Å². The van der Waals surface area contributed by atoms with E-state index in [9.17, 15) is 0 Å². The predicted molar refractivity (Wildman–Crippen MR) is 81.6 cm³/mol. The molecule has 8 heteroatoms. The number of nitrogens with two attached hydrogens (primary N) is 1. The molecule has 0 aliphatic carbocycles. The largest absolute Gasteiger partial charge is 0.376 e. The van der Waals surface area contributed by atoms with Gasteiger partial charge in [-0.1, -0.05) is 11.3 Å². The molecule has 2 aromatic rings. The van der Waals surface area contributed by atoms with Gasteiger partial charge in [0.25, 0.3) is 0 Å². The number of hydrogen-bond donors (Lipinski definition) is 1. The lowest BCUT2D eigenvalue weighted by molar-refractivity contribution is -0.00904. The van der Waals surface area contributed by atoms with Crippen LogP contribution < -0.4 is 10.6 Å². The number of aromatic nitrogens is 3. The van der Waals surface area contributed by atoms with E-state index >= 15 is 0 Å². The fourth-order valence-corrected chi connectivity index (χ4v) is 4.43. The second-order valence-corrected chi connectivity index (χ2v) is 7.13. The zero-order chi connectivity index (χ0) is 13.0. The van der Waals surface area contributed by atoms with Gasteiger partial charge in [0, 0.05) is 31.7 Å². The first kappa shape index (κ1) is 12.3. The molecule has 2 fully saturated rings. The van der Waals surface area contributed by atoms with Crippen molar-refractivity contribution in [3.63, 3.8) is 0 Å². The van der Waals surface area contributed by atoms with Gasteiger partial charge in [-0.15, -0.1) is 5.10 Å². The van der Waals surface area contributed by atoms with Gasteiger partial charge in [-0.3, -0.25) is 0 Å². The van der Waals surface area contributed by atoms with Gasteiger partial charge in [0.1, 0.15) is 3.70 Å². The van der Waals surface area contributed by atoms with Crippen molar-refractivity contribution in [2.75, 3.05) is 24.6 Å². The molecule has 0 radical (unpaired) electrons. The third kappa shape index (κ3) is 1.96. The van der Waals surface area contributed by atoms with Crippen LogP contribution in [0.2, 0.25) is 0 Å². The average Bonchev–Trinajstić information content (AvgIpc) is 3.05. The maximum absolute atomic E-state index is 6.20. The molecule has 4 rings (SSSR count). The smallest absolute Gasteiger partial charge is 0.214 e. The van der Waals surface area contributed by atoms with Crippen LogP contribution in [0.5, 0.6) is 0 Å². The molecular formula is C11H14IN5OS. The lowest BCUT2D eigenvalue weighted by atomic mass is 9.93. The summed E-state index contributed by atoms with van der Waals surface area (Å²) in [6.45, 7) is 2.62. The maximum atomic E-state index is 6.20. The second kappa shape index (κ2) is 4.54. The van der Waals surface area contributed by atoms with Gasteiger partial charge >= 0.3 is 0 Å².